The van der Waals surface area contributed by atoms with Gasteiger partial charge >= 0.3 is 5.97 Å². The molecule has 1 aliphatic heterocycles. The van der Waals surface area contributed by atoms with E-state index < -0.39 is 21.2 Å². The van der Waals surface area contributed by atoms with Crippen LogP contribution in [0.3, 0.4) is 0 Å². The SMILES string of the molecule is COC(=O)C(C)S(=O)(=O)N(CC1CCNCC1)C1CC1. The maximum Gasteiger partial charge on any atom is 0.325 e. The van der Waals surface area contributed by atoms with Gasteiger partial charge < -0.3 is 10.1 Å². The molecule has 1 saturated carbocycles. The Hall–Kier alpha value is -0.660. The predicted molar refractivity (Wildman–Crippen MR) is 75.7 cm³/mol. The lowest BCUT2D eigenvalue weighted by atomic mass is 9.98. The normalized spacial score (nSPS) is 22.8. The fraction of sp³-hybridized carbons (Fsp3) is 0.923. The molecule has 2 aliphatic rings. The maximum atomic E-state index is 12.6. The zero-order chi connectivity index (χ0) is 14.8. The summed E-state index contributed by atoms with van der Waals surface area (Å²) in [6.45, 7) is 3.83. The third-order valence-corrected chi connectivity index (χ3v) is 6.34. The van der Waals surface area contributed by atoms with Crippen LogP contribution in [0, 0.1) is 5.92 Å². The van der Waals surface area contributed by atoms with Gasteiger partial charge in [-0.15, -0.1) is 0 Å². The molecule has 2 rings (SSSR count). The van der Waals surface area contributed by atoms with Gasteiger partial charge in [0.05, 0.1) is 7.11 Å². The molecule has 1 heterocycles. The van der Waals surface area contributed by atoms with Crippen LogP contribution in [0.25, 0.3) is 0 Å². The summed E-state index contributed by atoms with van der Waals surface area (Å²) in [6.07, 6.45) is 3.78. The van der Waals surface area contributed by atoms with Crippen molar-refractivity contribution in [2.24, 2.45) is 5.92 Å². The van der Waals surface area contributed by atoms with Gasteiger partial charge in [0.1, 0.15) is 0 Å². The van der Waals surface area contributed by atoms with Crippen molar-refractivity contribution >= 4 is 16.0 Å². The van der Waals surface area contributed by atoms with E-state index in [2.05, 4.69) is 10.1 Å². The Labute approximate surface area is 120 Å². The van der Waals surface area contributed by atoms with Crippen molar-refractivity contribution in [1.29, 1.82) is 0 Å². The van der Waals surface area contributed by atoms with E-state index >= 15 is 0 Å². The lowest BCUT2D eigenvalue weighted by molar-refractivity contribution is -0.139. The highest BCUT2D eigenvalue weighted by atomic mass is 32.2. The van der Waals surface area contributed by atoms with Gasteiger partial charge in [-0.2, -0.15) is 4.31 Å². The number of sulfonamides is 1. The third kappa shape index (κ3) is 3.51. The molecule has 1 saturated heterocycles. The standard InChI is InChI=1S/C13H24N2O4S/c1-10(13(16)19-2)20(17,18)15(12-3-4-12)9-11-5-7-14-8-6-11/h10-12,14H,3-9H2,1-2H3. The Bertz CT molecular complexity index is 441. The first-order chi connectivity index (χ1) is 9.46. The van der Waals surface area contributed by atoms with Gasteiger partial charge in [0.15, 0.2) is 5.25 Å². The molecule has 0 bridgehead atoms. The van der Waals surface area contributed by atoms with Gasteiger partial charge in [0.2, 0.25) is 10.0 Å². The summed E-state index contributed by atoms with van der Waals surface area (Å²) in [5.74, 6) is -0.294. The van der Waals surface area contributed by atoms with Gasteiger partial charge in [-0.3, -0.25) is 4.79 Å². The number of nitrogens with zero attached hydrogens (tertiary/aromatic N) is 1. The quantitative estimate of drug-likeness (QED) is 0.716. The Morgan fingerprint density at radius 1 is 1.30 bits per heavy atom. The summed E-state index contributed by atoms with van der Waals surface area (Å²) in [5.41, 5.74) is 0. The van der Waals surface area contributed by atoms with Crippen molar-refractivity contribution in [3.05, 3.63) is 0 Å². The molecule has 0 radical (unpaired) electrons. The van der Waals surface area contributed by atoms with Crippen molar-refractivity contribution in [1.82, 2.24) is 9.62 Å². The smallest absolute Gasteiger partial charge is 0.325 e. The fourth-order valence-corrected chi connectivity index (χ4v) is 4.42. The van der Waals surface area contributed by atoms with E-state index in [1.165, 1.54) is 14.0 Å². The molecule has 0 aromatic rings. The highest BCUT2D eigenvalue weighted by Gasteiger charge is 2.43. The third-order valence-electron chi connectivity index (χ3n) is 4.16. The number of carbonyl (C=O) groups excluding carboxylic acids is 1. The average molecular weight is 304 g/mol. The van der Waals surface area contributed by atoms with Crippen molar-refractivity contribution in [3.63, 3.8) is 0 Å². The number of piperidine rings is 1. The lowest BCUT2D eigenvalue weighted by Crippen LogP contribution is -2.46. The first-order valence-corrected chi connectivity index (χ1v) is 8.76. The largest absolute Gasteiger partial charge is 0.468 e. The minimum atomic E-state index is -3.61. The van der Waals surface area contributed by atoms with Crippen LogP contribution >= 0.6 is 0 Å². The summed E-state index contributed by atoms with van der Waals surface area (Å²) in [5, 5.41) is 2.16. The van der Waals surface area contributed by atoms with Crippen LogP contribution in [0.5, 0.6) is 0 Å². The summed E-state index contributed by atoms with van der Waals surface area (Å²) in [4.78, 5) is 11.6. The van der Waals surface area contributed by atoms with E-state index in [1.54, 1.807) is 4.31 Å². The molecule has 1 aliphatic carbocycles. The highest BCUT2D eigenvalue weighted by Crippen LogP contribution is 2.32. The molecule has 116 valence electrons. The van der Waals surface area contributed by atoms with Crippen LogP contribution in [0.1, 0.15) is 32.6 Å². The first-order valence-electron chi connectivity index (χ1n) is 7.26. The first kappa shape index (κ1) is 15.7. The van der Waals surface area contributed by atoms with Crippen molar-refractivity contribution in [2.45, 2.75) is 43.9 Å². The molecular formula is C13H24N2O4S. The van der Waals surface area contributed by atoms with Crippen LogP contribution in [0.4, 0.5) is 0 Å². The summed E-state index contributed by atoms with van der Waals surface area (Å²) >= 11 is 0. The van der Waals surface area contributed by atoms with Gasteiger partial charge in [-0.1, -0.05) is 0 Å². The minimum absolute atomic E-state index is 0.0852. The molecule has 7 heteroatoms. The second-order valence-corrected chi connectivity index (χ2v) is 7.91. The van der Waals surface area contributed by atoms with E-state index in [-0.39, 0.29) is 6.04 Å². The molecule has 1 unspecified atom stereocenters. The molecule has 0 spiro atoms. The molecule has 1 atom stereocenters. The zero-order valence-corrected chi connectivity index (χ0v) is 13.0. The van der Waals surface area contributed by atoms with Gasteiger partial charge in [-0.25, -0.2) is 8.42 Å². The maximum absolute atomic E-state index is 12.6. The molecule has 0 aromatic carbocycles. The van der Waals surface area contributed by atoms with E-state index in [0.29, 0.717) is 12.5 Å². The van der Waals surface area contributed by atoms with Crippen molar-refractivity contribution in [2.75, 3.05) is 26.7 Å². The van der Waals surface area contributed by atoms with E-state index in [9.17, 15) is 13.2 Å². The van der Waals surface area contributed by atoms with Crippen LogP contribution in [-0.4, -0.2) is 56.7 Å². The van der Waals surface area contributed by atoms with Crippen LogP contribution in [0.15, 0.2) is 0 Å². The number of carbonyl (C=O) groups is 1. The van der Waals surface area contributed by atoms with Crippen molar-refractivity contribution < 1.29 is 17.9 Å². The van der Waals surface area contributed by atoms with Gasteiger partial charge in [0, 0.05) is 12.6 Å². The molecule has 1 N–H and O–H groups in total. The Balaban J connectivity index is 2.08. The number of nitrogens with one attached hydrogen (secondary N) is 1. The number of hydrogen-bond acceptors (Lipinski definition) is 5. The Morgan fingerprint density at radius 3 is 2.40 bits per heavy atom. The van der Waals surface area contributed by atoms with Crippen molar-refractivity contribution in [3.8, 4) is 0 Å². The van der Waals surface area contributed by atoms with Gasteiger partial charge in [-0.05, 0) is 51.6 Å². The van der Waals surface area contributed by atoms with Crippen LogP contribution < -0.4 is 5.32 Å². The highest BCUT2D eigenvalue weighted by molar-refractivity contribution is 7.90. The van der Waals surface area contributed by atoms with Crippen LogP contribution in [0.2, 0.25) is 0 Å². The van der Waals surface area contributed by atoms with E-state index in [0.717, 1.165) is 38.8 Å². The summed E-state index contributed by atoms with van der Waals surface area (Å²) < 4.78 is 31.3. The van der Waals surface area contributed by atoms with E-state index in [1.807, 2.05) is 0 Å². The number of rotatable bonds is 6. The number of esters is 1. The van der Waals surface area contributed by atoms with Crippen LogP contribution in [-0.2, 0) is 19.6 Å². The molecule has 20 heavy (non-hydrogen) atoms. The number of ether oxygens (including phenoxy) is 1. The second-order valence-electron chi connectivity index (χ2n) is 5.70. The average Bonchev–Trinajstić information content (AvgIpc) is 3.28. The van der Waals surface area contributed by atoms with E-state index in [4.69, 9.17) is 0 Å². The second kappa shape index (κ2) is 6.41. The lowest BCUT2D eigenvalue weighted by Gasteiger charge is -2.30. The topological polar surface area (TPSA) is 75.7 Å². The zero-order valence-electron chi connectivity index (χ0n) is 12.2. The summed E-state index contributed by atoms with van der Waals surface area (Å²) in [7, 11) is -2.39. The Morgan fingerprint density at radius 2 is 1.90 bits per heavy atom. The number of hydrogen-bond donors (Lipinski definition) is 1. The number of methoxy groups -OCH3 is 1. The summed E-state index contributed by atoms with van der Waals surface area (Å²) in [6, 6.07) is 0.0852. The molecule has 2 fully saturated rings. The monoisotopic (exact) mass is 304 g/mol. The predicted octanol–water partition coefficient (Wildman–Crippen LogP) is 0.342. The van der Waals surface area contributed by atoms with Gasteiger partial charge in [0.25, 0.3) is 0 Å². The fourth-order valence-electron chi connectivity index (χ4n) is 2.63. The molecule has 0 amide bonds. The molecular weight excluding hydrogens is 280 g/mol. The molecule has 0 aromatic heterocycles. The minimum Gasteiger partial charge on any atom is -0.468 e. The molecule has 6 nitrogen and oxygen atoms in total. The Kier molecular flexibility index (Phi) is 5.04.